The highest BCUT2D eigenvalue weighted by Gasteiger charge is 2.21. The maximum absolute atomic E-state index is 12.6. The van der Waals surface area contributed by atoms with E-state index in [9.17, 15) is 4.79 Å². The Kier molecular flexibility index (Phi) is 7.98. The van der Waals surface area contributed by atoms with Gasteiger partial charge in [-0.05, 0) is 105 Å². The molecule has 5 rings (SSSR count). The number of carbonyl (C=O) groups excluding carboxylic acids is 1. The van der Waals surface area contributed by atoms with Gasteiger partial charge in [-0.25, -0.2) is 0 Å². The molecule has 5 heteroatoms. The number of fused-ring (bicyclic) bond motifs is 4. The number of nitrogens with one attached hydrogen (secondary N) is 2. The molecule has 1 aliphatic carbocycles. The van der Waals surface area contributed by atoms with Crippen LogP contribution in [0.2, 0.25) is 0 Å². The van der Waals surface area contributed by atoms with E-state index < -0.39 is 0 Å². The molecule has 0 atom stereocenters. The van der Waals surface area contributed by atoms with Crippen LogP contribution in [0.25, 0.3) is 21.7 Å². The maximum atomic E-state index is 12.6. The van der Waals surface area contributed by atoms with Gasteiger partial charge in [-0.2, -0.15) is 0 Å². The van der Waals surface area contributed by atoms with Crippen LogP contribution in [0.5, 0.6) is 0 Å². The van der Waals surface area contributed by atoms with Crippen LogP contribution in [0.4, 0.5) is 5.69 Å². The minimum atomic E-state index is 0.115. The van der Waals surface area contributed by atoms with E-state index in [1.165, 1.54) is 57.1 Å². The van der Waals surface area contributed by atoms with Crippen molar-refractivity contribution in [1.82, 2.24) is 9.29 Å². The molecule has 4 nitrogen and oxygen atoms in total. The number of unbranched alkanes of at least 4 members (excludes halogenated alkanes) is 2. The van der Waals surface area contributed by atoms with Crippen molar-refractivity contribution in [2.75, 3.05) is 11.9 Å². The van der Waals surface area contributed by atoms with Gasteiger partial charge in [-0.1, -0.05) is 42.8 Å². The molecule has 0 saturated carbocycles. The Labute approximate surface area is 219 Å². The summed E-state index contributed by atoms with van der Waals surface area (Å²) in [5.74, 6) is 0.115. The molecule has 1 amide bonds. The van der Waals surface area contributed by atoms with Crippen LogP contribution in [0, 0.1) is 0 Å². The van der Waals surface area contributed by atoms with Crippen LogP contribution >= 0.6 is 11.9 Å². The zero-order valence-electron chi connectivity index (χ0n) is 21.5. The molecule has 0 spiro atoms. The zero-order chi connectivity index (χ0) is 24.9. The van der Waals surface area contributed by atoms with E-state index in [2.05, 4.69) is 89.1 Å². The van der Waals surface area contributed by atoms with Crippen LogP contribution < -0.4 is 10.0 Å². The van der Waals surface area contributed by atoms with Crippen molar-refractivity contribution < 1.29 is 4.79 Å². The lowest BCUT2D eigenvalue weighted by molar-refractivity contribution is -0.116. The molecule has 1 heterocycles. The van der Waals surface area contributed by atoms with Crippen LogP contribution in [0.3, 0.4) is 0 Å². The molecule has 0 fully saturated rings. The van der Waals surface area contributed by atoms with Crippen molar-refractivity contribution in [2.45, 2.75) is 76.2 Å². The fourth-order valence-corrected chi connectivity index (χ4v) is 6.39. The number of carbonyl (C=O) groups is 1. The van der Waals surface area contributed by atoms with E-state index >= 15 is 0 Å². The number of aromatic nitrogens is 1. The summed E-state index contributed by atoms with van der Waals surface area (Å²) in [6, 6.07) is 21.8. The highest BCUT2D eigenvalue weighted by molar-refractivity contribution is 7.97. The third-order valence-corrected chi connectivity index (χ3v) is 8.15. The first-order chi connectivity index (χ1) is 17.6. The summed E-state index contributed by atoms with van der Waals surface area (Å²) in [6.07, 6.45) is 8.43. The number of hydrogen-bond acceptors (Lipinski definition) is 3. The molecule has 3 aromatic carbocycles. The highest BCUT2D eigenvalue weighted by atomic mass is 32.2. The average molecular weight is 500 g/mol. The second-order valence-electron chi connectivity index (χ2n) is 10.2. The van der Waals surface area contributed by atoms with Gasteiger partial charge >= 0.3 is 0 Å². The second kappa shape index (κ2) is 11.5. The molecule has 188 valence electrons. The molecular weight excluding hydrogens is 462 g/mol. The summed E-state index contributed by atoms with van der Waals surface area (Å²) in [7, 11) is 0. The Balaban J connectivity index is 1.08. The molecule has 0 unspecified atom stereocenters. The Morgan fingerprint density at radius 1 is 0.944 bits per heavy atom. The number of benzene rings is 3. The van der Waals surface area contributed by atoms with Crippen LogP contribution in [0.1, 0.15) is 69.7 Å². The minimum Gasteiger partial charge on any atom is -0.342 e. The Bertz CT molecular complexity index is 1350. The van der Waals surface area contributed by atoms with Crippen LogP contribution in [-0.4, -0.2) is 17.0 Å². The van der Waals surface area contributed by atoms with E-state index in [4.69, 9.17) is 0 Å². The number of amides is 1. The first-order valence-corrected chi connectivity index (χ1v) is 14.3. The van der Waals surface area contributed by atoms with Gasteiger partial charge in [0, 0.05) is 46.2 Å². The van der Waals surface area contributed by atoms with Crippen LogP contribution in [0.15, 0.2) is 65.6 Å². The Hall–Kier alpha value is -2.76. The number of anilines is 1. The van der Waals surface area contributed by atoms with Crippen molar-refractivity contribution >= 4 is 45.2 Å². The Morgan fingerprint density at radius 3 is 2.67 bits per heavy atom. The van der Waals surface area contributed by atoms with Crippen LogP contribution in [-0.2, 0) is 17.6 Å². The van der Waals surface area contributed by atoms with Gasteiger partial charge in [-0.15, -0.1) is 0 Å². The number of rotatable bonds is 10. The van der Waals surface area contributed by atoms with Crippen molar-refractivity contribution in [1.29, 1.82) is 0 Å². The van der Waals surface area contributed by atoms with Gasteiger partial charge in [0.2, 0.25) is 5.91 Å². The number of hydrogen-bond donors (Lipinski definition) is 2. The molecule has 1 aromatic heterocycles. The summed E-state index contributed by atoms with van der Waals surface area (Å²) in [5, 5.41) is 7.03. The lowest BCUT2D eigenvalue weighted by atomic mass is 9.95. The molecule has 2 N–H and O–H groups in total. The van der Waals surface area contributed by atoms with E-state index in [1.807, 2.05) is 0 Å². The largest absolute Gasteiger partial charge is 0.342 e. The summed E-state index contributed by atoms with van der Waals surface area (Å²) >= 11 is 1.70. The van der Waals surface area contributed by atoms with Gasteiger partial charge < -0.3 is 9.88 Å². The van der Waals surface area contributed by atoms with Crippen molar-refractivity contribution in [3.05, 3.63) is 71.9 Å². The SMILES string of the molecule is CC(C)n1c2c(c3cc(NC(=O)CCCCCNSc4cccc5ccccc45)ccc31)CCCC2. The van der Waals surface area contributed by atoms with Gasteiger partial charge in [-0.3, -0.25) is 9.52 Å². The second-order valence-corrected chi connectivity index (χ2v) is 11.1. The van der Waals surface area contributed by atoms with Crippen molar-refractivity contribution in [3.8, 4) is 0 Å². The fraction of sp³-hybridized carbons (Fsp3) is 0.387. The van der Waals surface area contributed by atoms with E-state index in [0.29, 0.717) is 12.5 Å². The molecule has 1 aliphatic rings. The molecule has 0 aliphatic heterocycles. The molecular formula is C31H37N3OS. The van der Waals surface area contributed by atoms with E-state index in [1.54, 1.807) is 11.9 Å². The third kappa shape index (κ3) is 5.47. The topological polar surface area (TPSA) is 46.1 Å². The highest BCUT2D eigenvalue weighted by Crippen LogP contribution is 2.36. The lowest BCUT2D eigenvalue weighted by Gasteiger charge is -2.18. The fourth-order valence-electron chi connectivity index (χ4n) is 5.54. The molecule has 36 heavy (non-hydrogen) atoms. The van der Waals surface area contributed by atoms with Gasteiger partial charge in [0.05, 0.1) is 0 Å². The minimum absolute atomic E-state index is 0.115. The monoisotopic (exact) mass is 499 g/mol. The quantitative estimate of drug-likeness (QED) is 0.171. The molecule has 0 bridgehead atoms. The predicted octanol–water partition coefficient (Wildman–Crippen LogP) is 8.05. The number of aryl methyl sites for hydroxylation is 1. The molecule has 0 saturated heterocycles. The van der Waals surface area contributed by atoms with Crippen molar-refractivity contribution in [2.24, 2.45) is 0 Å². The van der Waals surface area contributed by atoms with Gasteiger partial charge in [0.25, 0.3) is 0 Å². The number of nitrogens with zero attached hydrogens (tertiary/aromatic N) is 1. The van der Waals surface area contributed by atoms with Gasteiger partial charge in [0.1, 0.15) is 0 Å². The molecule has 0 radical (unpaired) electrons. The molecule has 4 aromatic rings. The first kappa shape index (κ1) is 24.9. The summed E-state index contributed by atoms with van der Waals surface area (Å²) in [4.78, 5) is 13.9. The lowest BCUT2D eigenvalue weighted by Crippen LogP contribution is -2.11. The zero-order valence-corrected chi connectivity index (χ0v) is 22.3. The maximum Gasteiger partial charge on any atom is 0.224 e. The predicted molar refractivity (Wildman–Crippen MR) is 154 cm³/mol. The Morgan fingerprint density at radius 2 is 1.78 bits per heavy atom. The first-order valence-electron chi connectivity index (χ1n) is 13.4. The average Bonchev–Trinajstić information content (AvgIpc) is 3.22. The third-order valence-electron chi connectivity index (χ3n) is 7.23. The normalized spacial score (nSPS) is 13.4. The van der Waals surface area contributed by atoms with E-state index in [-0.39, 0.29) is 5.91 Å². The van der Waals surface area contributed by atoms with E-state index in [0.717, 1.165) is 37.9 Å². The summed E-state index contributed by atoms with van der Waals surface area (Å²) in [5.41, 5.74) is 5.23. The summed E-state index contributed by atoms with van der Waals surface area (Å²) < 4.78 is 5.99. The summed E-state index contributed by atoms with van der Waals surface area (Å²) in [6.45, 7) is 5.47. The standard InChI is InChI=1S/C31H37N3OS/c1-22(2)34-28-15-8-7-14-26(28)27-21-24(18-19-29(27)34)33-31(35)17-4-3-9-20-32-36-30-16-10-12-23-11-5-6-13-25(23)30/h5-6,10-13,16,18-19,21-22,32H,3-4,7-9,14-15,17,20H2,1-2H3,(H,33,35). The van der Waals surface area contributed by atoms with Gasteiger partial charge in [0.15, 0.2) is 0 Å². The smallest absolute Gasteiger partial charge is 0.224 e. The van der Waals surface area contributed by atoms with Crippen molar-refractivity contribution in [3.63, 3.8) is 0 Å².